The molecule has 2 heterocycles. The highest BCUT2D eigenvalue weighted by Crippen LogP contribution is 2.31. The van der Waals surface area contributed by atoms with Crippen molar-refractivity contribution in [2.24, 2.45) is 0 Å². The summed E-state index contributed by atoms with van der Waals surface area (Å²) in [6.07, 6.45) is 4.04. The molecule has 0 aliphatic carbocycles. The summed E-state index contributed by atoms with van der Waals surface area (Å²) in [6, 6.07) is 10.8. The Balaban J connectivity index is 1.76. The highest BCUT2D eigenvalue weighted by atomic mass is 32.2. The quantitative estimate of drug-likeness (QED) is 0.905. The number of aromatic amines is 1. The summed E-state index contributed by atoms with van der Waals surface area (Å²) in [6.45, 7) is 2.37. The lowest BCUT2D eigenvalue weighted by molar-refractivity contribution is -0.131. The number of amides is 1. The molecule has 5 nitrogen and oxygen atoms in total. The normalized spacial score (nSPS) is 18.0. The monoisotopic (exact) mass is 346 g/mol. The molecular weight excluding hydrogens is 324 g/mol. The first kappa shape index (κ1) is 16.8. The summed E-state index contributed by atoms with van der Waals surface area (Å²) in [7, 11) is -3.25. The average molecular weight is 346 g/mol. The van der Waals surface area contributed by atoms with Crippen LogP contribution >= 0.6 is 0 Å². The van der Waals surface area contributed by atoms with Crippen molar-refractivity contribution in [3.05, 3.63) is 53.9 Å². The van der Waals surface area contributed by atoms with Crippen LogP contribution in [0.2, 0.25) is 0 Å². The van der Waals surface area contributed by atoms with E-state index in [1.165, 1.54) is 0 Å². The number of rotatable bonds is 5. The number of nitrogens with zero attached hydrogens (tertiary/aromatic N) is 1. The smallest absolute Gasteiger partial charge is 0.227 e. The maximum Gasteiger partial charge on any atom is 0.227 e. The first-order chi connectivity index (χ1) is 11.5. The zero-order chi connectivity index (χ0) is 17.2. The summed E-state index contributed by atoms with van der Waals surface area (Å²) in [4.78, 5) is 18.1. The van der Waals surface area contributed by atoms with E-state index in [2.05, 4.69) is 4.98 Å². The van der Waals surface area contributed by atoms with Crippen LogP contribution in [0.1, 0.15) is 37.1 Å². The van der Waals surface area contributed by atoms with Crippen LogP contribution in [-0.4, -0.2) is 36.5 Å². The second-order valence-electron chi connectivity index (χ2n) is 6.10. The molecule has 128 valence electrons. The Bertz CT molecular complexity index is 813. The Morgan fingerprint density at radius 1 is 1.29 bits per heavy atom. The highest BCUT2D eigenvalue weighted by molar-refractivity contribution is 7.91. The maximum atomic E-state index is 12.7. The summed E-state index contributed by atoms with van der Waals surface area (Å²) >= 11 is 0. The van der Waals surface area contributed by atoms with Gasteiger partial charge in [-0.25, -0.2) is 8.42 Å². The zero-order valence-corrected chi connectivity index (χ0v) is 14.6. The van der Waals surface area contributed by atoms with Crippen LogP contribution in [0.15, 0.2) is 47.5 Å². The third-order valence-corrected chi connectivity index (χ3v) is 6.28. The second-order valence-corrected chi connectivity index (χ2v) is 8.38. The van der Waals surface area contributed by atoms with Gasteiger partial charge in [-0.3, -0.25) is 4.79 Å². The molecular formula is C18H22N2O3S. The molecule has 24 heavy (non-hydrogen) atoms. The fourth-order valence-corrected chi connectivity index (χ4v) is 4.18. The van der Waals surface area contributed by atoms with Gasteiger partial charge in [0.15, 0.2) is 9.84 Å². The molecule has 0 unspecified atom stereocenters. The van der Waals surface area contributed by atoms with E-state index in [9.17, 15) is 13.2 Å². The minimum Gasteiger partial charge on any atom is -0.363 e. The van der Waals surface area contributed by atoms with Gasteiger partial charge in [0.25, 0.3) is 0 Å². The van der Waals surface area contributed by atoms with Crippen LogP contribution < -0.4 is 0 Å². The molecule has 1 saturated heterocycles. The minimum atomic E-state index is -3.25. The molecule has 1 aliphatic heterocycles. The Kier molecular flexibility index (Phi) is 4.76. The van der Waals surface area contributed by atoms with E-state index >= 15 is 0 Å². The molecule has 1 aromatic carbocycles. The third kappa shape index (κ3) is 3.38. The van der Waals surface area contributed by atoms with Gasteiger partial charge >= 0.3 is 0 Å². The van der Waals surface area contributed by atoms with Crippen LogP contribution in [-0.2, 0) is 21.1 Å². The van der Waals surface area contributed by atoms with Crippen LogP contribution in [0.5, 0.6) is 0 Å². The molecule has 1 N–H and O–H groups in total. The van der Waals surface area contributed by atoms with E-state index in [1.54, 1.807) is 25.1 Å². The number of H-pyrrole nitrogens is 1. The van der Waals surface area contributed by atoms with Gasteiger partial charge in [0.2, 0.25) is 5.91 Å². The topological polar surface area (TPSA) is 70.2 Å². The number of likely N-dealkylation sites (tertiary alicyclic amines) is 1. The molecule has 0 spiro atoms. The van der Waals surface area contributed by atoms with Crippen LogP contribution in [0.4, 0.5) is 0 Å². The van der Waals surface area contributed by atoms with Gasteiger partial charge in [-0.1, -0.05) is 19.1 Å². The van der Waals surface area contributed by atoms with Crippen LogP contribution in [0.3, 0.4) is 0 Å². The lowest BCUT2D eigenvalue weighted by Crippen LogP contribution is -2.32. The van der Waals surface area contributed by atoms with Gasteiger partial charge in [0.05, 0.1) is 23.1 Å². The summed E-state index contributed by atoms with van der Waals surface area (Å²) in [5.74, 6) is 0.101. The lowest BCUT2D eigenvalue weighted by atomic mass is 10.1. The van der Waals surface area contributed by atoms with Crippen molar-refractivity contribution in [1.82, 2.24) is 9.88 Å². The van der Waals surface area contributed by atoms with Crippen LogP contribution in [0.25, 0.3) is 0 Å². The number of benzene rings is 1. The van der Waals surface area contributed by atoms with Gasteiger partial charge in [-0.15, -0.1) is 0 Å². The molecule has 2 aromatic rings. The Morgan fingerprint density at radius 3 is 2.83 bits per heavy atom. The van der Waals surface area contributed by atoms with Gasteiger partial charge in [-0.2, -0.15) is 0 Å². The van der Waals surface area contributed by atoms with Crippen molar-refractivity contribution in [2.45, 2.75) is 37.1 Å². The third-order valence-electron chi connectivity index (χ3n) is 4.55. The van der Waals surface area contributed by atoms with Gasteiger partial charge in [0, 0.05) is 18.4 Å². The number of nitrogens with one attached hydrogen (secondary N) is 1. The van der Waals surface area contributed by atoms with Crippen molar-refractivity contribution in [1.29, 1.82) is 0 Å². The molecule has 0 saturated carbocycles. The number of sulfone groups is 1. The van der Waals surface area contributed by atoms with E-state index in [-0.39, 0.29) is 29.0 Å². The fourth-order valence-electron chi connectivity index (χ4n) is 3.23. The predicted molar refractivity (Wildman–Crippen MR) is 92.4 cm³/mol. The second kappa shape index (κ2) is 6.81. The van der Waals surface area contributed by atoms with Crippen molar-refractivity contribution < 1.29 is 13.2 Å². The Morgan fingerprint density at radius 2 is 2.12 bits per heavy atom. The average Bonchev–Trinajstić information content (AvgIpc) is 3.26. The van der Waals surface area contributed by atoms with E-state index in [4.69, 9.17) is 0 Å². The van der Waals surface area contributed by atoms with E-state index in [0.717, 1.165) is 30.6 Å². The van der Waals surface area contributed by atoms with Crippen molar-refractivity contribution in [2.75, 3.05) is 12.3 Å². The first-order valence-electron chi connectivity index (χ1n) is 8.25. The van der Waals surface area contributed by atoms with Gasteiger partial charge < -0.3 is 9.88 Å². The molecule has 6 heteroatoms. The predicted octanol–water partition coefficient (Wildman–Crippen LogP) is 2.71. The molecule has 3 rings (SSSR count). The van der Waals surface area contributed by atoms with E-state index < -0.39 is 9.84 Å². The fraction of sp³-hybridized carbons (Fsp3) is 0.389. The van der Waals surface area contributed by atoms with E-state index in [1.807, 2.05) is 29.3 Å². The minimum absolute atomic E-state index is 0.0400. The molecule has 0 bridgehead atoms. The largest absolute Gasteiger partial charge is 0.363 e. The summed E-state index contributed by atoms with van der Waals surface area (Å²) in [5.41, 5.74) is 1.80. The van der Waals surface area contributed by atoms with Gasteiger partial charge in [-0.05, 0) is 42.7 Å². The van der Waals surface area contributed by atoms with Gasteiger partial charge in [0.1, 0.15) is 0 Å². The molecule has 1 amide bonds. The van der Waals surface area contributed by atoms with Crippen LogP contribution in [0, 0.1) is 0 Å². The molecule has 1 aliphatic rings. The summed E-state index contributed by atoms with van der Waals surface area (Å²) < 4.78 is 24.0. The summed E-state index contributed by atoms with van der Waals surface area (Å²) in [5, 5.41) is 0. The zero-order valence-electron chi connectivity index (χ0n) is 13.7. The van der Waals surface area contributed by atoms with Crippen molar-refractivity contribution >= 4 is 15.7 Å². The number of carbonyl (C=O) groups is 1. The Hall–Kier alpha value is -2.08. The number of carbonyl (C=O) groups excluding carboxylic acids is 1. The van der Waals surface area contributed by atoms with Crippen molar-refractivity contribution in [3.63, 3.8) is 0 Å². The maximum absolute atomic E-state index is 12.7. The SMILES string of the molecule is CCS(=O)(=O)c1cccc(CC(=O)N2CCC[C@H]2c2ccc[nH]2)c1. The molecule has 1 aromatic heterocycles. The number of hydrogen-bond acceptors (Lipinski definition) is 3. The molecule has 1 fully saturated rings. The van der Waals surface area contributed by atoms with E-state index in [0.29, 0.717) is 0 Å². The lowest BCUT2D eigenvalue weighted by Gasteiger charge is -2.24. The standard InChI is InChI=1S/C18H22N2O3S/c1-2-24(22,23)15-7-3-6-14(12-15)13-18(21)20-11-5-9-17(20)16-8-4-10-19-16/h3-4,6-8,10,12,17,19H,2,5,9,11,13H2,1H3/t17-/m0/s1. The molecule has 0 radical (unpaired) electrons. The highest BCUT2D eigenvalue weighted by Gasteiger charge is 2.30. The van der Waals surface area contributed by atoms with Crippen molar-refractivity contribution in [3.8, 4) is 0 Å². The Labute approximate surface area is 142 Å². The number of aromatic nitrogens is 1. The molecule has 1 atom stereocenters. The first-order valence-corrected chi connectivity index (χ1v) is 9.91. The number of hydrogen-bond donors (Lipinski definition) is 1.